The van der Waals surface area contributed by atoms with Crippen molar-refractivity contribution >= 4 is 45.5 Å². The molecule has 45 heavy (non-hydrogen) atoms. The molecule has 4 aromatic carbocycles. The fourth-order valence-corrected chi connectivity index (χ4v) is 5.26. The Hall–Kier alpha value is -5.55. The molecule has 1 unspecified atom stereocenters. The van der Waals surface area contributed by atoms with Crippen molar-refractivity contribution in [3.05, 3.63) is 114 Å². The minimum Gasteiger partial charge on any atom is -0.468 e. The Morgan fingerprint density at radius 3 is 2.40 bits per heavy atom. The second-order valence-electron chi connectivity index (χ2n) is 10.5. The van der Waals surface area contributed by atoms with Crippen molar-refractivity contribution in [3.8, 4) is 0 Å². The quantitative estimate of drug-likeness (QED) is 0.0956. The number of hydrogen-bond acceptors (Lipinski definition) is 7. The van der Waals surface area contributed by atoms with Crippen molar-refractivity contribution < 1.29 is 29.1 Å². The summed E-state index contributed by atoms with van der Waals surface area (Å²) in [5, 5.41) is 16.6. The first kappa shape index (κ1) is 30.9. The van der Waals surface area contributed by atoms with Crippen LogP contribution in [0.15, 0.2) is 91.0 Å². The van der Waals surface area contributed by atoms with Gasteiger partial charge in [-0.3, -0.25) is 24.4 Å². The average molecular weight is 608 g/mol. The summed E-state index contributed by atoms with van der Waals surface area (Å²) >= 11 is 0. The Labute approximate surface area is 259 Å². The summed E-state index contributed by atoms with van der Waals surface area (Å²) in [5.74, 6) is -1.50. The SMILES string of the molecule is COC(=O)CNC(=O)c1ccc2c(c1)nc(C(Cc1cccc3ccccc13)NC(=O)CCC(=O)NO)n2Cc1ccccc1. The number of hydrogen-bond donors (Lipinski definition) is 4. The van der Waals surface area contributed by atoms with Crippen LogP contribution in [0.25, 0.3) is 21.8 Å². The van der Waals surface area contributed by atoms with Gasteiger partial charge in [-0.2, -0.15) is 0 Å². The fourth-order valence-electron chi connectivity index (χ4n) is 5.26. The molecule has 11 nitrogen and oxygen atoms in total. The lowest BCUT2D eigenvalue weighted by molar-refractivity contribution is -0.139. The molecular formula is C34H33N5O6. The van der Waals surface area contributed by atoms with Gasteiger partial charge in [0.15, 0.2) is 0 Å². The molecule has 0 saturated heterocycles. The lowest BCUT2D eigenvalue weighted by Crippen LogP contribution is -2.33. The van der Waals surface area contributed by atoms with E-state index in [0.29, 0.717) is 29.9 Å². The number of amides is 3. The standard InChI is InChI=1S/C34H33N5O6/c1-45-32(42)20-35-34(43)25-14-15-29-27(19-25)37-33(39(29)21-22-8-3-2-4-9-22)28(36-30(40)16-17-31(41)38-44)18-24-12-7-11-23-10-5-6-13-26(23)24/h2-15,19,28,44H,16-18,20-21H2,1H3,(H,35,43)(H,36,40)(H,38,41). The number of carbonyl (C=O) groups is 4. The summed E-state index contributed by atoms with van der Waals surface area (Å²) < 4.78 is 6.63. The van der Waals surface area contributed by atoms with Crippen LogP contribution in [0, 0.1) is 0 Å². The van der Waals surface area contributed by atoms with Crippen LogP contribution in [0.4, 0.5) is 0 Å². The van der Waals surface area contributed by atoms with Gasteiger partial charge in [-0.05, 0) is 40.1 Å². The summed E-state index contributed by atoms with van der Waals surface area (Å²) in [6.07, 6.45) is 0.0690. The molecule has 5 rings (SSSR count). The van der Waals surface area contributed by atoms with Crippen LogP contribution in [-0.4, -0.2) is 52.1 Å². The first-order valence-electron chi connectivity index (χ1n) is 14.4. The zero-order chi connectivity index (χ0) is 31.8. The van der Waals surface area contributed by atoms with Gasteiger partial charge in [0, 0.05) is 31.4 Å². The van der Waals surface area contributed by atoms with Gasteiger partial charge in [0.1, 0.15) is 12.4 Å². The number of fused-ring (bicyclic) bond motifs is 2. The van der Waals surface area contributed by atoms with E-state index < -0.39 is 23.8 Å². The third kappa shape index (κ3) is 7.51. The number of methoxy groups -OCH3 is 1. The van der Waals surface area contributed by atoms with Gasteiger partial charge in [0.2, 0.25) is 11.8 Å². The zero-order valence-corrected chi connectivity index (χ0v) is 24.7. The lowest BCUT2D eigenvalue weighted by atomic mass is 9.98. The number of benzene rings is 4. The Balaban J connectivity index is 1.58. The smallest absolute Gasteiger partial charge is 0.325 e. The topological polar surface area (TPSA) is 152 Å². The van der Waals surface area contributed by atoms with E-state index in [1.807, 2.05) is 77.4 Å². The maximum absolute atomic E-state index is 13.2. The number of hydroxylamine groups is 1. The molecule has 0 aliphatic carbocycles. The minimum absolute atomic E-state index is 0.137. The molecule has 0 fully saturated rings. The van der Waals surface area contributed by atoms with E-state index in [0.717, 1.165) is 27.4 Å². The van der Waals surface area contributed by atoms with Gasteiger partial charge in [-0.1, -0.05) is 72.8 Å². The van der Waals surface area contributed by atoms with Crippen LogP contribution >= 0.6 is 0 Å². The number of ether oxygens (including phenoxy) is 1. The molecule has 230 valence electrons. The molecule has 0 saturated carbocycles. The summed E-state index contributed by atoms with van der Waals surface area (Å²) in [6.45, 7) is 0.171. The van der Waals surface area contributed by atoms with Gasteiger partial charge in [0.05, 0.1) is 24.2 Å². The first-order chi connectivity index (χ1) is 21.9. The van der Waals surface area contributed by atoms with Crippen molar-refractivity contribution in [2.45, 2.75) is 31.8 Å². The monoisotopic (exact) mass is 607 g/mol. The Bertz CT molecular complexity index is 1850. The Morgan fingerprint density at radius 1 is 0.889 bits per heavy atom. The molecule has 1 atom stereocenters. The van der Waals surface area contributed by atoms with Gasteiger partial charge in [0.25, 0.3) is 5.91 Å². The summed E-state index contributed by atoms with van der Waals surface area (Å²) in [5.41, 5.74) is 5.15. The van der Waals surface area contributed by atoms with Crippen molar-refractivity contribution in [2.24, 2.45) is 0 Å². The molecule has 11 heteroatoms. The Morgan fingerprint density at radius 2 is 1.62 bits per heavy atom. The third-order valence-electron chi connectivity index (χ3n) is 7.50. The second kappa shape index (κ2) is 14.3. The number of carbonyl (C=O) groups excluding carboxylic acids is 4. The maximum Gasteiger partial charge on any atom is 0.325 e. The van der Waals surface area contributed by atoms with Crippen LogP contribution in [0.5, 0.6) is 0 Å². The molecular weight excluding hydrogens is 574 g/mol. The van der Waals surface area contributed by atoms with Gasteiger partial charge in [-0.15, -0.1) is 0 Å². The number of aromatic nitrogens is 2. The molecule has 1 aromatic heterocycles. The van der Waals surface area contributed by atoms with Crippen LogP contribution in [0.3, 0.4) is 0 Å². The fraction of sp³-hybridized carbons (Fsp3) is 0.206. The van der Waals surface area contributed by atoms with E-state index >= 15 is 0 Å². The van der Waals surface area contributed by atoms with Gasteiger partial charge in [-0.25, -0.2) is 10.5 Å². The highest BCUT2D eigenvalue weighted by atomic mass is 16.5. The number of nitrogens with one attached hydrogen (secondary N) is 3. The highest BCUT2D eigenvalue weighted by Crippen LogP contribution is 2.29. The minimum atomic E-state index is -0.662. The number of rotatable bonds is 12. The average Bonchev–Trinajstić information content (AvgIpc) is 3.43. The van der Waals surface area contributed by atoms with E-state index in [9.17, 15) is 19.2 Å². The van der Waals surface area contributed by atoms with E-state index in [2.05, 4.69) is 15.4 Å². The molecule has 0 radical (unpaired) electrons. The van der Waals surface area contributed by atoms with E-state index in [1.165, 1.54) is 7.11 Å². The largest absolute Gasteiger partial charge is 0.468 e. The molecule has 0 aliphatic rings. The molecule has 5 aromatic rings. The van der Waals surface area contributed by atoms with E-state index in [-0.39, 0.29) is 25.3 Å². The number of imidazole rings is 1. The molecule has 1 heterocycles. The molecule has 0 spiro atoms. The molecule has 0 bridgehead atoms. The molecule has 0 aliphatic heterocycles. The van der Waals surface area contributed by atoms with Crippen molar-refractivity contribution in [1.29, 1.82) is 0 Å². The second-order valence-corrected chi connectivity index (χ2v) is 10.5. The third-order valence-corrected chi connectivity index (χ3v) is 7.50. The van der Waals surface area contributed by atoms with Gasteiger partial charge < -0.3 is 19.9 Å². The molecule has 3 amide bonds. The first-order valence-corrected chi connectivity index (χ1v) is 14.4. The van der Waals surface area contributed by atoms with E-state index in [4.69, 9.17) is 10.2 Å². The van der Waals surface area contributed by atoms with Crippen LogP contribution < -0.4 is 16.1 Å². The van der Waals surface area contributed by atoms with Gasteiger partial charge >= 0.3 is 5.97 Å². The van der Waals surface area contributed by atoms with Crippen LogP contribution in [0.2, 0.25) is 0 Å². The predicted molar refractivity (Wildman–Crippen MR) is 167 cm³/mol. The maximum atomic E-state index is 13.2. The highest BCUT2D eigenvalue weighted by molar-refractivity contribution is 5.98. The summed E-state index contributed by atoms with van der Waals surface area (Å²) in [4.78, 5) is 54.2. The lowest BCUT2D eigenvalue weighted by Gasteiger charge is -2.21. The van der Waals surface area contributed by atoms with Crippen LogP contribution in [-0.2, 0) is 32.1 Å². The van der Waals surface area contributed by atoms with Crippen LogP contribution in [0.1, 0.15) is 46.2 Å². The summed E-state index contributed by atoms with van der Waals surface area (Å²) in [7, 11) is 1.25. The van der Waals surface area contributed by atoms with Crippen molar-refractivity contribution in [1.82, 2.24) is 25.7 Å². The summed E-state index contributed by atoms with van der Waals surface area (Å²) in [6, 6.07) is 28.3. The number of esters is 1. The van der Waals surface area contributed by atoms with Crippen molar-refractivity contribution in [2.75, 3.05) is 13.7 Å². The highest BCUT2D eigenvalue weighted by Gasteiger charge is 2.25. The molecule has 4 N–H and O–H groups in total. The number of nitrogens with zero attached hydrogens (tertiary/aromatic N) is 2. The Kier molecular flexibility index (Phi) is 9.80. The predicted octanol–water partition coefficient (Wildman–Crippen LogP) is 3.83. The van der Waals surface area contributed by atoms with E-state index in [1.54, 1.807) is 23.7 Å². The normalized spacial score (nSPS) is 11.6. The zero-order valence-electron chi connectivity index (χ0n) is 24.7. The van der Waals surface area contributed by atoms with Crippen molar-refractivity contribution in [3.63, 3.8) is 0 Å².